The molecule has 0 saturated carbocycles. The number of ether oxygens (including phenoxy) is 1. The minimum absolute atomic E-state index is 0.293. The van der Waals surface area contributed by atoms with Gasteiger partial charge in [0.25, 0.3) is 0 Å². The van der Waals surface area contributed by atoms with Gasteiger partial charge in [-0.15, -0.1) is 0 Å². The summed E-state index contributed by atoms with van der Waals surface area (Å²) in [6.07, 6.45) is 6.23. The number of allylic oxidation sites excluding steroid dienone is 4. The molecule has 0 amide bonds. The topological polar surface area (TPSA) is 52.3 Å². The van der Waals surface area contributed by atoms with Gasteiger partial charge in [0.2, 0.25) is 0 Å². The highest BCUT2D eigenvalue weighted by molar-refractivity contribution is 6.09. The number of nitrogens with zero attached hydrogens (tertiary/aromatic N) is 4. The summed E-state index contributed by atoms with van der Waals surface area (Å²) in [5.41, 5.74) is 15.8. The molecule has 1 aliphatic heterocycles. The van der Waals surface area contributed by atoms with E-state index in [-0.39, 0.29) is 0 Å². The molecular weight excluding hydrogens is 745 g/mol. The fourth-order valence-corrected chi connectivity index (χ4v) is 8.33. The predicted molar refractivity (Wildman–Crippen MR) is 254 cm³/mol. The molecular formula is C56H42N4O. The first kappa shape index (κ1) is 37.4. The van der Waals surface area contributed by atoms with Crippen molar-refractivity contribution in [2.24, 2.45) is 4.99 Å². The number of hydrogen-bond donors (Lipinski definition) is 0. The lowest BCUT2D eigenvalue weighted by atomic mass is 9.90. The molecule has 7 aromatic carbocycles. The van der Waals surface area contributed by atoms with Crippen molar-refractivity contribution in [2.45, 2.75) is 13.8 Å². The minimum Gasteiger partial charge on any atom is -0.487 e. The third kappa shape index (κ3) is 7.06. The summed E-state index contributed by atoms with van der Waals surface area (Å²) in [7, 11) is 0. The molecule has 2 aromatic heterocycles. The summed E-state index contributed by atoms with van der Waals surface area (Å²) >= 11 is 0. The van der Waals surface area contributed by atoms with Gasteiger partial charge in [0, 0.05) is 44.3 Å². The van der Waals surface area contributed by atoms with Crippen molar-refractivity contribution in [3.63, 3.8) is 0 Å². The molecule has 0 fully saturated rings. The minimum atomic E-state index is 0.293. The summed E-state index contributed by atoms with van der Waals surface area (Å²) in [6, 6.07) is 61.0. The van der Waals surface area contributed by atoms with Gasteiger partial charge in [0.05, 0.1) is 33.8 Å². The fraction of sp³-hybridized carbons (Fsp3) is 0.0536. The zero-order valence-corrected chi connectivity index (χ0v) is 34.1. The Morgan fingerprint density at radius 1 is 0.623 bits per heavy atom. The molecule has 0 saturated heterocycles. The summed E-state index contributed by atoms with van der Waals surface area (Å²) in [5.74, 6) is 1.45. The molecule has 292 valence electrons. The van der Waals surface area contributed by atoms with Crippen LogP contribution in [0.2, 0.25) is 0 Å². The van der Waals surface area contributed by atoms with E-state index >= 15 is 0 Å². The smallest absolute Gasteiger partial charge is 0.160 e. The molecule has 0 spiro atoms. The Labute approximate surface area is 356 Å². The van der Waals surface area contributed by atoms with Crippen LogP contribution in [0.4, 0.5) is 5.69 Å². The van der Waals surface area contributed by atoms with E-state index in [1.54, 1.807) is 0 Å². The van der Waals surface area contributed by atoms with E-state index in [4.69, 9.17) is 19.7 Å². The second kappa shape index (κ2) is 16.0. The monoisotopic (exact) mass is 786 g/mol. The highest BCUT2D eigenvalue weighted by atomic mass is 16.5. The van der Waals surface area contributed by atoms with Crippen molar-refractivity contribution in [1.29, 1.82) is 0 Å². The zero-order valence-electron chi connectivity index (χ0n) is 34.1. The second-order valence-electron chi connectivity index (χ2n) is 15.2. The van der Waals surface area contributed by atoms with Crippen LogP contribution >= 0.6 is 0 Å². The summed E-state index contributed by atoms with van der Waals surface area (Å²) < 4.78 is 8.85. The highest BCUT2D eigenvalue weighted by Gasteiger charge is 2.21. The Morgan fingerprint density at radius 3 is 1.92 bits per heavy atom. The summed E-state index contributed by atoms with van der Waals surface area (Å²) in [4.78, 5) is 15.6. The van der Waals surface area contributed by atoms with Crippen LogP contribution in [0.3, 0.4) is 0 Å². The number of para-hydroxylation sites is 3. The van der Waals surface area contributed by atoms with E-state index in [1.165, 1.54) is 21.8 Å². The number of fused-ring (bicyclic) bond motifs is 5. The predicted octanol–water partition coefficient (Wildman–Crippen LogP) is 14.1. The van der Waals surface area contributed by atoms with Crippen molar-refractivity contribution in [3.8, 4) is 45.3 Å². The van der Waals surface area contributed by atoms with Crippen LogP contribution in [-0.2, 0) is 0 Å². The molecule has 0 bridgehead atoms. The molecule has 5 nitrogen and oxygen atoms in total. The molecule has 0 radical (unpaired) electrons. The van der Waals surface area contributed by atoms with Crippen molar-refractivity contribution < 1.29 is 4.74 Å². The second-order valence-corrected chi connectivity index (χ2v) is 15.2. The zero-order chi connectivity index (χ0) is 41.3. The van der Waals surface area contributed by atoms with Gasteiger partial charge >= 0.3 is 0 Å². The average molecular weight is 787 g/mol. The standard InChI is InChI=1S/C56H42N4O/c1-4-5-16-37(2)44-22-15-23-48-55(44)38(3)45-19-11-14-26-54(45)61-36-51(57-48)41-29-27-39(28-30-41)49-35-50(59-56(58-49)42-17-7-6-8-18-42)40-31-33-43(34-32-40)60-52-24-12-9-20-46(52)47-21-10-13-25-53(47)60/h4-35H,3,36H2,1-2H3/b5-4-,37-16+,57-51+. The molecule has 0 N–H and O–H groups in total. The van der Waals surface area contributed by atoms with Crippen molar-refractivity contribution in [2.75, 3.05) is 6.61 Å². The number of benzene rings is 7. The third-order valence-electron chi connectivity index (χ3n) is 11.4. The van der Waals surface area contributed by atoms with E-state index in [9.17, 15) is 0 Å². The lowest BCUT2D eigenvalue weighted by molar-refractivity contribution is 0.376. The number of aliphatic imine (C=N–C) groups is 1. The lowest BCUT2D eigenvalue weighted by Gasteiger charge is -2.16. The molecule has 10 rings (SSSR count). The molecule has 0 unspecified atom stereocenters. The molecule has 9 aromatic rings. The van der Waals surface area contributed by atoms with Gasteiger partial charge in [0.15, 0.2) is 5.82 Å². The summed E-state index contributed by atoms with van der Waals surface area (Å²) in [5, 5.41) is 2.48. The highest BCUT2D eigenvalue weighted by Crippen LogP contribution is 2.41. The van der Waals surface area contributed by atoms with Crippen LogP contribution in [0.15, 0.2) is 206 Å². The van der Waals surface area contributed by atoms with Gasteiger partial charge in [-0.25, -0.2) is 15.0 Å². The van der Waals surface area contributed by atoms with Gasteiger partial charge in [-0.1, -0.05) is 158 Å². The molecule has 61 heavy (non-hydrogen) atoms. The Hall–Kier alpha value is -7.89. The normalized spacial score (nSPS) is 13.8. The van der Waals surface area contributed by atoms with Gasteiger partial charge in [-0.3, -0.25) is 0 Å². The lowest BCUT2D eigenvalue weighted by Crippen LogP contribution is -2.13. The first-order valence-electron chi connectivity index (χ1n) is 20.6. The molecule has 3 heterocycles. The van der Waals surface area contributed by atoms with E-state index in [1.807, 2.05) is 49.4 Å². The van der Waals surface area contributed by atoms with Crippen molar-refractivity contribution in [1.82, 2.24) is 14.5 Å². The van der Waals surface area contributed by atoms with Gasteiger partial charge in [-0.05, 0) is 78.6 Å². The molecule has 1 aliphatic rings. The van der Waals surface area contributed by atoms with E-state index in [0.717, 1.165) is 84.3 Å². The maximum absolute atomic E-state index is 6.52. The van der Waals surface area contributed by atoms with Gasteiger partial charge in [-0.2, -0.15) is 0 Å². The average Bonchev–Trinajstić information content (AvgIpc) is 3.68. The Bertz CT molecular complexity index is 3150. The first-order chi connectivity index (χ1) is 30.0. The Morgan fingerprint density at radius 2 is 1.23 bits per heavy atom. The largest absolute Gasteiger partial charge is 0.487 e. The van der Waals surface area contributed by atoms with Crippen LogP contribution in [0.25, 0.3) is 72.5 Å². The van der Waals surface area contributed by atoms with Crippen LogP contribution in [0, 0.1) is 0 Å². The van der Waals surface area contributed by atoms with Crippen LogP contribution in [0.5, 0.6) is 5.75 Å². The van der Waals surface area contributed by atoms with Crippen molar-refractivity contribution in [3.05, 3.63) is 223 Å². The third-order valence-corrected chi connectivity index (χ3v) is 11.4. The van der Waals surface area contributed by atoms with Crippen molar-refractivity contribution >= 4 is 44.4 Å². The van der Waals surface area contributed by atoms with Crippen LogP contribution < -0.4 is 4.74 Å². The first-order valence-corrected chi connectivity index (χ1v) is 20.6. The number of hydrogen-bond acceptors (Lipinski definition) is 4. The maximum Gasteiger partial charge on any atom is 0.160 e. The number of aromatic nitrogens is 3. The van der Waals surface area contributed by atoms with E-state index in [0.29, 0.717) is 12.4 Å². The maximum atomic E-state index is 6.52. The molecule has 0 aliphatic carbocycles. The van der Waals surface area contributed by atoms with Gasteiger partial charge in [0.1, 0.15) is 12.4 Å². The Kier molecular flexibility index (Phi) is 9.83. The molecule has 0 atom stereocenters. The number of rotatable bonds is 7. The van der Waals surface area contributed by atoms with E-state index in [2.05, 4.69) is 170 Å². The fourth-order valence-electron chi connectivity index (χ4n) is 8.33. The quantitative estimate of drug-likeness (QED) is 0.151. The van der Waals surface area contributed by atoms with E-state index < -0.39 is 0 Å². The van der Waals surface area contributed by atoms with Gasteiger partial charge < -0.3 is 9.30 Å². The van der Waals surface area contributed by atoms with Crippen LogP contribution in [-0.4, -0.2) is 26.9 Å². The SMILES string of the molecule is C=C1c2ccccc2OC/C(c2ccc(-c3cc(-c4ccc(-n5c6ccccc6c6ccccc65)cc4)nc(-c4ccccc4)n3)cc2)=N\c2cccc(/C(C)=C/C=C\C)c21. The molecule has 5 heteroatoms. The Balaban J connectivity index is 1.04. The van der Waals surface area contributed by atoms with Crippen LogP contribution in [0.1, 0.15) is 36.1 Å². The summed E-state index contributed by atoms with van der Waals surface area (Å²) in [6.45, 7) is 9.04.